The lowest BCUT2D eigenvalue weighted by Crippen LogP contribution is -2.40. The predicted molar refractivity (Wildman–Crippen MR) is 158 cm³/mol. The van der Waals surface area contributed by atoms with E-state index in [4.69, 9.17) is 13.7 Å². The summed E-state index contributed by atoms with van der Waals surface area (Å²) in [6.07, 6.45) is -3.10. The number of allylic oxidation sites excluding steroid dienone is 1. The van der Waals surface area contributed by atoms with Crippen LogP contribution < -0.4 is 10.1 Å². The maximum atomic E-state index is 15.8. The fourth-order valence-corrected chi connectivity index (χ4v) is 5.10. The Labute approximate surface area is 255 Å². The highest BCUT2D eigenvalue weighted by atomic mass is 32.2. The highest BCUT2D eigenvalue weighted by Crippen LogP contribution is 2.42. The fourth-order valence-electron chi connectivity index (χ4n) is 4.52. The lowest BCUT2D eigenvalue weighted by Gasteiger charge is -2.25. The zero-order valence-corrected chi connectivity index (χ0v) is 25.9. The molecule has 0 radical (unpaired) electrons. The van der Waals surface area contributed by atoms with Crippen LogP contribution in [-0.4, -0.2) is 45.9 Å². The molecule has 0 unspecified atom stereocenters. The number of hydrogen-bond donors (Lipinski definition) is 1. The number of amides is 1. The predicted octanol–water partition coefficient (Wildman–Crippen LogP) is 6.50. The third-order valence-corrected chi connectivity index (χ3v) is 6.86. The first kappa shape index (κ1) is 36.5. The average Bonchev–Trinajstić information content (AvgIpc) is 2.89. The van der Waals surface area contributed by atoms with Crippen molar-refractivity contribution >= 4 is 22.0 Å². The molecular weight excluding hydrogens is 606 g/mol. The number of alkyl halides is 3. The Morgan fingerprint density at radius 2 is 1.77 bits per heavy atom. The minimum atomic E-state index is -5.16. The van der Waals surface area contributed by atoms with Crippen molar-refractivity contribution in [3.63, 3.8) is 0 Å². The summed E-state index contributed by atoms with van der Waals surface area (Å²) in [6.45, 7) is 12.2. The number of ether oxygens (including phenoxy) is 2. The van der Waals surface area contributed by atoms with Crippen LogP contribution >= 0.6 is 0 Å². The molecule has 1 N–H and O–H groups in total. The van der Waals surface area contributed by atoms with E-state index < -0.39 is 63.7 Å². The number of hydrogen-bond acceptors (Lipinski definition) is 7. The second kappa shape index (κ2) is 15.8. The monoisotopic (exact) mass is 643 g/mol. The Balaban J connectivity index is 2.80. The smallest absolute Gasteiger partial charge is 0.419 e. The first-order chi connectivity index (χ1) is 20.5. The number of esters is 1. The van der Waals surface area contributed by atoms with Crippen LogP contribution in [-0.2, 0) is 34.8 Å². The Morgan fingerprint density at radius 3 is 2.34 bits per heavy atom. The number of nitrogens with one attached hydrogen (secondary N) is 1. The number of benzene rings is 2. The molecule has 2 aromatic rings. The van der Waals surface area contributed by atoms with Crippen LogP contribution in [0.5, 0.6) is 5.75 Å². The molecule has 0 bridgehead atoms. The van der Waals surface area contributed by atoms with E-state index in [9.17, 15) is 31.2 Å². The molecule has 2 atom stereocenters. The Hall–Kier alpha value is -3.71. The first-order valence-corrected chi connectivity index (χ1v) is 15.5. The van der Waals surface area contributed by atoms with Gasteiger partial charge in [0.2, 0.25) is 0 Å². The molecule has 0 saturated heterocycles. The van der Waals surface area contributed by atoms with Crippen LogP contribution in [0.3, 0.4) is 0 Å². The van der Waals surface area contributed by atoms with Crippen molar-refractivity contribution in [1.82, 2.24) is 5.32 Å². The first-order valence-electron chi connectivity index (χ1n) is 13.7. The summed E-state index contributed by atoms with van der Waals surface area (Å²) < 4.78 is 97.6. The van der Waals surface area contributed by atoms with Crippen molar-refractivity contribution in [3.8, 4) is 16.9 Å². The van der Waals surface area contributed by atoms with Gasteiger partial charge in [-0.15, -0.1) is 13.2 Å². The maximum absolute atomic E-state index is 15.8. The molecule has 242 valence electrons. The van der Waals surface area contributed by atoms with Gasteiger partial charge >= 0.3 is 12.1 Å². The largest absolute Gasteiger partial charge is 0.493 e. The van der Waals surface area contributed by atoms with Gasteiger partial charge in [-0.05, 0) is 68.5 Å². The van der Waals surface area contributed by atoms with E-state index in [0.717, 1.165) is 11.6 Å². The summed E-state index contributed by atoms with van der Waals surface area (Å²) in [6, 6.07) is 3.41. The molecule has 0 spiro atoms. The van der Waals surface area contributed by atoms with E-state index in [1.165, 1.54) is 13.0 Å². The number of carbonyl (C=O) groups excluding carboxylic acids is 2. The van der Waals surface area contributed by atoms with Crippen LogP contribution in [0.25, 0.3) is 11.1 Å². The van der Waals surface area contributed by atoms with Gasteiger partial charge in [-0.25, -0.2) is 4.39 Å². The topological polar surface area (TPSA) is 108 Å². The standard InChI is InChI=1S/C31H37F4NO7S/c1-7-10-11-13-42-26-15-19(4)14-20(5)28(26)21-16-22(29(32)23(17-21)31(33,34)35)24(18-27(37)41-9-3)36-30(38)25(12-8-2)43-44(6,39)40/h7-8,14-17,24-25H,1-2,9-13,18H2,3-6H3,(H,36,38)/t24-,25+/m0/s1. The molecule has 8 nitrogen and oxygen atoms in total. The van der Waals surface area contributed by atoms with Crippen LogP contribution in [0.4, 0.5) is 17.6 Å². The minimum absolute atomic E-state index is 0.0805. The second-order valence-electron chi connectivity index (χ2n) is 10.0. The summed E-state index contributed by atoms with van der Waals surface area (Å²) in [5, 5.41) is 2.29. The molecule has 0 aliphatic rings. The minimum Gasteiger partial charge on any atom is -0.493 e. The SMILES string of the molecule is C=CCCCOc1cc(C)cc(C)c1-c1cc([C@H](CC(=O)OCC)NC(=O)[C@@H](CC=C)OS(C)(=O)=O)c(F)c(C(F)(F)F)c1. The number of rotatable bonds is 16. The summed E-state index contributed by atoms with van der Waals surface area (Å²) >= 11 is 0. The lowest BCUT2D eigenvalue weighted by atomic mass is 9.91. The van der Waals surface area contributed by atoms with Crippen molar-refractivity contribution < 1.29 is 49.2 Å². The van der Waals surface area contributed by atoms with Crippen molar-refractivity contribution in [2.45, 2.75) is 64.8 Å². The van der Waals surface area contributed by atoms with E-state index in [-0.39, 0.29) is 36.5 Å². The van der Waals surface area contributed by atoms with Crippen LogP contribution in [0.2, 0.25) is 0 Å². The zero-order valence-electron chi connectivity index (χ0n) is 25.1. The number of aryl methyl sites for hydroxylation is 2. The summed E-state index contributed by atoms with van der Waals surface area (Å²) in [7, 11) is -4.17. The Morgan fingerprint density at radius 1 is 1.09 bits per heavy atom. The molecule has 0 fully saturated rings. The fraction of sp³-hybridized carbons (Fsp3) is 0.419. The number of halogens is 4. The molecular formula is C31H37F4NO7S. The van der Waals surface area contributed by atoms with Crippen molar-refractivity contribution in [2.75, 3.05) is 19.5 Å². The normalized spacial score (nSPS) is 13.1. The summed E-state index contributed by atoms with van der Waals surface area (Å²) in [4.78, 5) is 25.6. The van der Waals surface area contributed by atoms with E-state index in [0.29, 0.717) is 30.7 Å². The van der Waals surface area contributed by atoms with Gasteiger partial charge in [0.05, 0.1) is 37.5 Å². The van der Waals surface area contributed by atoms with Gasteiger partial charge in [-0.3, -0.25) is 13.8 Å². The molecule has 0 aliphatic carbocycles. The molecule has 44 heavy (non-hydrogen) atoms. The quantitative estimate of drug-likeness (QED) is 0.0731. The van der Waals surface area contributed by atoms with Crippen LogP contribution in [0.1, 0.15) is 60.9 Å². The Bertz CT molecular complexity index is 1470. The van der Waals surface area contributed by atoms with Gasteiger partial charge in [0, 0.05) is 17.5 Å². The number of unbranched alkanes of at least 4 members (excludes halogenated alkanes) is 1. The molecule has 0 aliphatic heterocycles. The van der Waals surface area contributed by atoms with Crippen molar-refractivity contribution in [3.05, 3.63) is 77.6 Å². The highest BCUT2D eigenvalue weighted by molar-refractivity contribution is 7.86. The van der Waals surface area contributed by atoms with Gasteiger partial charge in [0.1, 0.15) is 11.6 Å². The molecule has 0 heterocycles. The van der Waals surface area contributed by atoms with Gasteiger partial charge < -0.3 is 14.8 Å². The van der Waals surface area contributed by atoms with Crippen molar-refractivity contribution in [2.24, 2.45) is 0 Å². The lowest BCUT2D eigenvalue weighted by molar-refractivity contribution is -0.144. The molecule has 1 amide bonds. The third kappa shape index (κ3) is 10.5. The third-order valence-electron chi connectivity index (χ3n) is 6.28. The summed E-state index contributed by atoms with van der Waals surface area (Å²) in [5.41, 5.74) is -0.829. The van der Waals surface area contributed by atoms with Gasteiger partial charge in [0.15, 0.2) is 6.10 Å². The van der Waals surface area contributed by atoms with Gasteiger partial charge in [-0.1, -0.05) is 18.2 Å². The number of carbonyl (C=O) groups is 2. The van der Waals surface area contributed by atoms with E-state index in [2.05, 4.69) is 18.5 Å². The van der Waals surface area contributed by atoms with E-state index in [1.54, 1.807) is 32.1 Å². The van der Waals surface area contributed by atoms with Crippen LogP contribution in [0.15, 0.2) is 49.6 Å². The highest BCUT2D eigenvalue weighted by Gasteiger charge is 2.38. The van der Waals surface area contributed by atoms with Crippen LogP contribution in [0, 0.1) is 19.7 Å². The molecule has 2 rings (SSSR count). The molecule has 0 saturated carbocycles. The molecule has 13 heteroatoms. The maximum Gasteiger partial charge on any atom is 0.419 e. The van der Waals surface area contributed by atoms with E-state index in [1.807, 2.05) is 0 Å². The summed E-state index contributed by atoms with van der Waals surface area (Å²) in [5.74, 6) is -3.53. The molecule has 0 aromatic heterocycles. The molecule has 2 aromatic carbocycles. The second-order valence-corrected chi connectivity index (χ2v) is 11.6. The average molecular weight is 644 g/mol. The Kier molecular flexibility index (Phi) is 13.1. The van der Waals surface area contributed by atoms with Gasteiger partial charge in [0.25, 0.3) is 16.0 Å². The van der Waals surface area contributed by atoms with E-state index >= 15 is 4.39 Å². The van der Waals surface area contributed by atoms with Gasteiger partial charge in [-0.2, -0.15) is 21.6 Å². The van der Waals surface area contributed by atoms with Crippen molar-refractivity contribution in [1.29, 1.82) is 0 Å². The zero-order chi connectivity index (χ0) is 33.2.